The minimum atomic E-state index is -1.04. The first-order valence-corrected chi connectivity index (χ1v) is 5.71. The molecular formula is C10H19N5O4. The van der Waals surface area contributed by atoms with Gasteiger partial charge in [0.05, 0.1) is 38.4 Å². The average Bonchev–Trinajstić information content (AvgIpc) is 2.39. The number of anilines is 2. The van der Waals surface area contributed by atoms with E-state index in [0.717, 1.165) is 0 Å². The summed E-state index contributed by atoms with van der Waals surface area (Å²) in [5.74, 6) is 0.475. The summed E-state index contributed by atoms with van der Waals surface area (Å²) < 4.78 is 5.29. The molecule has 0 spiro atoms. The zero-order chi connectivity index (χ0) is 14.3. The van der Waals surface area contributed by atoms with Crippen molar-refractivity contribution in [2.45, 2.75) is 6.42 Å². The lowest BCUT2D eigenvalue weighted by atomic mass is 9.93. The first-order valence-electron chi connectivity index (χ1n) is 5.71. The van der Waals surface area contributed by atoms with Gasteiger partial charge in [-0.25, -0.2) is 0 Å². The minimum Gasteiger partial charge on any atom is -0.396 e. The van der Waals surface area contributed by atoms with E-state index in [9.17, 15) is 0 Å². The summed E-state index contributed by atoms with van der Waals surface area (Å²) >= 11 is 0. The molecular weight excluding hydrogens is 254 g/mol. The van der Waals surface area contributed by atoms with Gasteiger partial charge in [0.2, 0.25) is 11.9 Å². The number of nitrogen functional groups attached to an aromatic ring is 2. The first-order chi connectivity index (χ1) is 9.05. The second-order valence-corrected chi connectivity index (χ2v) is 4.24. The number of nitrogens with zero attached hydrogens (tertiary/aromatic N) is 3. The highest BCUT2D eigenvalue weighted by atomic mass is 16.5. The quantitative estimate of drug-likeness (QED) is 0.324. The van der Waals surface area contributed by atoms with Crippen LogP contribution in [0.3, 0.4) is 0 Å². The van der Waals surface area contributed by atoms with E-state index in [1.54, 1.807) is 0 Å². The zero-order valence-corrected chi connectivity index (χ0v) is 10.5. The number of rotatable bonds is 8. The van der Waals surface area contributed by atoms with Gasteiger partial charge in [-0.1, -0.05) is 0 Å². The molecule has 19 heavy (non-hydrogen) atoms. The second kappa shape index (κ2) is 7.14. The molecule has 0 aromatic carbocycles. The zero-order valence-electron chi connectivity index (χ0n) is 10.5. The van der Waals surface area contributed by atoms with Crippen molar-refractivity contribution in [1.29, 1.82) is 0 Å². The van der Waals surface area contributed by atoms with Crippen molar-refractivity contribution in [3.63, 3.8) is 0 Å². The molecule has 9 heteroatoms. The van der Waals surface area contributed by atoms with E-state index < -0.39 is 5.41 Å². The molecule has 0 unspecified atom stereocenters. The van der Waals surface area contributed by atoms with Crippen molar-refractivity contribution in [3.8, 4) is 0 Å². The molecule has 0 amide bonds. The Morgan fingerprint density at radius 2 is 1.47 bits per heavy atom. The Labute approximate surface area is 110 Å². The Bertz CT molecular complexity index is 371. The highest BCUT2D eigenvalue weighted by Gasteiger charge is 2.28. The highest BCUT2D eigenvalue weighted by Crippen LogP contribution is 2.15. The van der Waals surface area contributed by atoms with Gasteiger partial charge >= 0.3 is 0 Å². The number of aromatic nitrogens is 3. The fraction of sp³-hybridized carbons (Fsp3) is 0.700. The molecule has 1 rings (SSSR count). The van der Waals surface area contributed by atoms with Gasteiger partial charge in [0.25, 0.3) is 0 Å². The maximum Gasteiger partial charge on any atom is 0.225 e. The lowest BCUT2D eigenvalue weighted by Gasteiger charge is -2.26. The van der Waals surface area contributed by atoms with Crippen molar-refractivity contribution in [1.82, 2.24) is 15.0 Å². The molecule has 9 nitrogen and oxygen atoms in total. The van der Waals surface area contributed by atoms with Gasteiger partial charge in [0.15, 0.2) is 0 Å². The van der Waals surface area contributed by atoms with Crippen molar-refractivity contribution in [2.75, 3.05) is 44.5 Å². The van der Waals surface area contributed by atoms with E-state index in [1.165, 1.54) is 0 Å². The summed E-state index contributed by atoms with van der Waals surface area (Å²) in [6, 6.07) is 0. The monoisotopic (exact) mass is 273 g/mol. The normalized spacial score (nSPS) is 11.7. The summed E-state index contributed by atoms with van der Waals surface area (Å²) in [5, 5.41) is 27.3. The summed E-state index contributed by atoms with van der Waals surface area (Å²) in [7, 11) is 0. The van der Waals surface area contributed by atoms with Crippen molar-refractivity contribution in [3.05, 3.63) is 5.82 Å². The van der Waals surface area contributed by atoms with E-state index in [2.05, 4.69) is 15.0 Å². The van der Waals surface area contributed by atoms with Gasteiger partial charge < -0.3 is 31.5 Å². The molecule has 1 aromatic heterocycles. The van der Waals surface area contributed by atoms with Crippen LogP contribution in [0.4, 0.5) is 11.9 Å². The Kier molecular flexibility index (Phi) is 5.83. The summed E-state index contributed by atoms with van der Waals surface area (Å²) in [6.45, 7) is -0.847. The Balaban J connectivity index is 2.42. The van der Waals surface area contributed by atoms with Gasteiger partial charge in [-0.15, -0.1) is 0 Å². The molecule has 0 atom stereocenters. The standard InChI is InChI=1S/C10H19N5O4/c11-8-13-7(14-9(12)15-8)1-2-19-6-10(3-16,4-17)5-18/h16-18H,1-6H2,(H4,11,12,13,14,15). The molecule has 7 N–H and O–H groups in total. The van der Waals surface area contributed by atoms with Crippen LogP contribution in [0.1, 0.15) is 5.82 Å². The van der Waals surface area contributed by atoms with Gasteiger partial charge in [0.1, 0.15) is 5.82 Å². The minimum absolute atomic E-state index is 0.0204. The maximum absolute atomic E-state index is 9.10. The molecule has 0 aliphatic carbocycles. The van der Waals surface area contributed by atoms with Crippen LogP contribution < -0.4 is 11.5 Å². The predicted molar refractivity (Wildman–Crippen MR) is 66.9 cm³/mol. The van der Waals surface area contributed by atoms with Crippen LogP contribution in [-0.2, 0) is 11.2 Å². The van der Waals surface area contributed by atoms with Crippen molar-refractivity contribution >= 4 is 11.9 Å². The van der Waals surface area contributed by atoms with E-state index in [-0.39, 0.29) is 44.9 Å². The van der Waals surface area contributed by atoms with E-state index in [4.69, 9.17) is 31.5 Å². The van der Waals surface area contributed by atoms with Crippen molar-refractivity contribution in [2.24, 2.45) is 5.41 Å². The van der Waals surface area contributed by atoms with Crippen LogP contribution in [-0.4, -0.2) is 63.3 Å². The van der Waals surface area contributed by atoms with Gasteiger partial charge in [0, 0.05) is 6.42 Å². The average molecular weight is 273 g/mol. The predicted octanol–water partition coefficient (Wildman–Crippen LogP) is -2.44. The number of ether oxygens (including phenoxy) is 1. The number of hydrogen-bond donors (Lipinski definition) is 5. The van der Waals surface area contributed by atoms with Crippen LogP contribution >= 0.6 is 0 Å². The van der Waals surface area contributed by atoms with Gasteiger partial charge in [-0.05, 0) is 0 Å². The molecule has 108 valence electrons. The van der Waals surface area contributed by atoms with Gasteiger partial charge in [-0.3, -0.25) is 0 Å². The fourth-order valence-electron chi connectivity index (χ4n) is 1.31. The first kappa shape index (κ1) is 15.5. The maximum atomic E-state index is 9.10. The summed E-state index contributed by atoms with van der Waals surface area (Å²) in [4.78, 5) is 11.4. The van der Waals surface area contributed by atoms with Crippen LogP contribution in [0.15, 0.2) is 0 Å². The third-order valence-corrected chi connectivity index (χ3v) is 2.60. The number of aliphatic hydroxyl groups is 3. The SMILES string of the molecule is Nc1nc(N)nc(CCOCC(CO)(CO)CO)n1. The summed E-state index contributed by atoms with van der Waals surface area (Å²) in [5.41, 5.74) is 9.79. The lowest BCUT2D eigenvalue weighted by molar-refractivity contribution is -0.0572. The number of nitrogens with two attached hydrogens (primary N) is 2. The van der Waals surface area contributed by atoms with Gasteiger partial charge in [-0.2, -0.15) is 15.0 Å². The third-order valence-electron chi connectivity index (χ3n) is 2.60. The number of hydrogen-bond acceptors (Lipinski definition) is 9. The molecule has 0 saturated heterocycles. The number of aliphatic hydroxyl groups excluding tert-OH is 3. The van der Waals surface area contributed by atoms with E-state index in [1.807, 2.05) is 0 Å². The molecule has 1 aromatic rings. The molecule has 0 aliphatic heterocycles. The smallest absolute Gasteiger partial charge is 0.225 e. The molecule has 0 fully saturated rings. The van der Waals surface area contributed by atoms with Crippen molar-refractivity contribution < 1.29 is 20.1 Å². The molecule has 0 saturated carbocycles. The molecule has 0 aliphatic rings. The molecule has 0 radical (unpaired) electrons. The van der Waals surface area contributed by atoms with Crippen LogP contribution in [0, 0.1) is 5.41 Å². The molecule has 1 heterocycles. The topological polar surface area (TPSA) is 161 Å². The Hall–Kier alpha value is -1.55. The van der Waals surface area contributed by atoms with Crippen LogP contribution in [0.25, 0.3) is 0 Å². The van der Waals surface area contributed by atoms with Crippen LogP contribution in [0.2, 0.25) is 0 Å². The Morgan fingerprint density at radius 3 is 1.95 bits per heavy atom. The molecule has 0 bridgehead atoms. The largest absolute Gasteiger partial charge is 0.396 e. The highest BCUT2D eigenvalue weighted by molar-refractivity contribution is 5.25. The second-order valence-electron chi connectivity index (χ2n) is 4.24. The van der Waals surface area contributed by atoms with E-state index in [0.29, 0.717) is 12.2 Å². The Morgan fingerprint density at radius 1 is 0.947 bits per heavy atom. The fourth-order valence-corrected chi connectivity index (χ4v) is 1.31. The lowest BCUT2D eigenvalue weighted by Crippen LogP contribution is -2.38. The van der Waals surface area contributed by atoms with Crippen LogP contribution in [0.5, 0.6) is 0 Å². The third kappa shape index (κ3) is 4.56. The summed E-state index contributed by atoms with van der Waals surface area (Å²) in [6.07, 6.45) is 0.356. The van der Waals surface area contributed by atoms with E-state index >= 15 is 0 Å².